The van der Waals surface area contributed by atoms with E-state index < -0.39 is 0 Å². The maximum absolute atomic E-state index is 2.32. The molecule has 0 unspecified atom stereocenters. The second kappa shape index (κ2) is 2.85. The van der Waals surface area contributed by atoms with Crippen LogP contribution in [-0.4, -0.2) is 0 Å². The maximum atomic E-state index is 2.32. The topological polar surface area (TPSA) is 0 Å². The molecular formula is C12H12S. The minimum Gasteiger partial charge on any atom is -0.144 e. The summed E-state index contributed by atoms with van der Waals surface area (Å²) in [6.07, 6.45) is 5.35. The van der Waals surface area contributed by atoms with Crippen LogP contribution in [0.4, 0.5) is 0 Å². The molecule has 1 aliphatic carbocycles. The van der Waals surface area contributed by atoms with Crippen LogP contribution in [-0.2, 0) is 12.8 Å². The molecule has 66 valence electrons. The predicted octanol–water partition coefficient (Wildman–Crippen LogP) is 3.78. The Balaban J connectivity index is 2.34. The molecule has 1 aliphatic rings. The molecule has 3 rings (SSSR count). The lowest BCUT2D eigenvalue weighted by Gasteiger charge is -2.15. The molecule has 13 heavy (non-hydrogen) atoms. The summed E-state index contributed by atoms with van der Waals surface area (Å²) in [5, 5.41) is 3.64. The van der Waals surface area contributed by atoms with Crippen molar-refractivity contribution >= 4 is 21.4 Å². The Bertz CT molecular complexity index is 439. The van der Waals surface area contributed by atoms with Crippen LogP contribution in [0.5, 0.6) is 0 Å². The van der Waals surface area contributed by atoms with E-state index in [1.54, 1.807) is 11.1 Å². The van der Waals surface area contributed by atoms with Crippen molar-refractivity contribution in [3.05, 3.63) is 34.7 Å². The van der Waals surface area contributed by atoms with Gasteiger partial charge in [0.15, 0.2) is 0 Å². The van der Waals surface area contributed by atoms with Gasteiger partial charge < -0.3 is 0 Å². The Morgan fingerprint density at radius 2 is 1.92 bits per heavy atom. The van der Waals surface area contributed by atoms with Gasteiger partial charge in [-0.25, -0.2) is 0 Å². The number of thiophene rings is 1. The Labute approximate surface area is 82.2 Å². The minimum atomic E-state index is 1.29. The first kappa shape index (κ1) is 7.57. The van der Waals surface area contributed by atoms with Crippen LogP contribution in [0, 0.1) is 0 Å². The quantitative estimate of drug-likeness (QED) is 0.590. The van der Waals surface area contributed by atoms with Crippen LogP contribution in [0.15, 0.2) is 23.6 Å². The number of rotatable bonds is 0. The molecule has 0 saturated heterocycles. The average Bonchev–Trinajstić information content (AvgIpc) is 2.65. The standard InChI is InChI=1S/C12H12S/c1-2-4-11-9(3-1)5-6-10-7-8-13-12(10)11/h5-8H,1-4H2. The molecule has 0 fully saturated rings. The Kier molecular flexibility index (Phi) is 1.66. The summed E-state index contributed by atoms with van der Waals surface area (Å²) in [7, 11) is 0. The second-order valence-corrected chi connectivity index (χ2v) is 4.67. The third kappa shape index (κ3) is 1.11. The molecule has 1 aromatic carbocycles. The lowest BCUT2D eigenvalue weighted by molar-refractivity contribution is 0.691. The fourth-order valence-corrected chi connectivity index (χ4v) is 3.26. The van der Waals surface area contributed by atoms with Gasteiger partial charge in [0.1, 0.15) is 0 Å². The van der Waals surface area contributed by atoms with Gasteiger partial charge in [0.2, 0.25) is 0 Å². The Morgan fingerprint density at radius 3 is 2.92 bits per heavy atom. The van der Waals surface area contributed by atoms with Crippen molar-refractivity contribution in [2.75, 3.05) is 0 Å². The van der Waals surface area contributed by atoms with Gasteiger partial charge in [-0.3, -0.25) is 0 Å². The van der Waals surface area contributed by atoms with Gasteiger partial charge in [-0.2, -0.15) is 0 Å². The van der Waals surface area contributed by atoms with Gasteiger partial charge in [-0.1, -0.05) is 12.1 Å². The summed E-state index contributed by atoms with van der Waals surface area (Å²) in [6.45, 7) is 0. The van der Waals surface area contributed by atoms with E-state index in [-0.39, 0.29) is 0 Å². The molecule has 0 radical (unpaired) electrons. The van der Waals surface area contributed by atoms with E-state index in [2.05, 4.69) is 23.6 Å². The molecule has 0 N–H and O–H groups in total. The minimum absolute atomic E-state index is 1.29. The first-order valence-corrected chi connectivity index (χ1v) is 5.81. The molecule has 0 amide bonds. The van der Waals surface area contributed by atoms with Crippen LogP contribution in [0.25, 0.3) is 10.1 Å². The SMILES string of the molecule is c1cc2ccc3c(c2s1)CCCC3. The van der Waals surface area contributed by atoms with E-state index in [1.807, 2.05) is 11.3 Å². The average molecular weight is 188 g/mol. The van der Waals surface area contributed by atoms with Gasteiger partial charge in [0.05, 0.1) is 0 Å². The summed E-state index contributed by atoms with van der Waals surface area (Å²) in [5.74, 6) is 0. The van der Waals surface area contributed by atoms with E-state index in [1.165, 1.54) is 35.8 Å². The lowest BCUT2D eigenvalue weighted by Crippen LogP contribution is -2.01. The van der Waals surface area contributed by atoms with E-state index in [9.17, 15) is 0 Å². The zero-order valence-corrected chi connectivity index (χ0v) is 8.36. The molecule has 1 heterocycles. The van der Waals surface area contributed by atoms with Crippen molar-refractivity contribution in [3.63, 3.8) is 0 Å². The molecule has 0 saturated carbocycles. The first-order valence-electron chi connectivity index (χ1n) is 4.93. The molecule has 0 nitrogen and oxygen atoms in total. The molecule has 0 aliphatic heterocycles. The highest BCUT2D eigenvalue weighted by Crippen LogP contribution is 2.32. The van der Waals surface area contributed by atoms with Gasteiger partial charge in [-0.15, -0.1) is 11.3 Å². The summed E-state index contributed by atoms with van der Waals surface area (Å²) >= 11 is 1.90. The summed E-state index contributed by atoms with van der Waals surface area (Å²) in [6, 6.07) is 6.83. The third-order valence-electron chi connectivity index (χ3n) is 2.94. The van der Waals surface area contributed by atoms with Crippen LogP contribution in [0.1, 0.15) is 24.0 Å². The zero-order chi connectivity index (χ0) is 8.67. The fraction of sp³-hybridized carbons (Fsp3) is 0.333. The van der Waals surface area contributed by atoms with E-state index in [0.29, 0.717) is 0 Å². The van der Waals surface area contributed by atoms with Gasteiger partial charge in [-0.05, 0) is 53.6 Å². The molecule has 0 spiro atoms. The van der Waals surface area contributed by atoms with Crippen molar-refractivity contribution < 1.29 is 0 Å². The summed E-state index contributed by atoms with van der Waals surface area (Å²) in [5.41, 5.74) is 3.24. The van der Waals surface area contributed by atoms with Gasteiger partial charge in [0.25, 0.3) is 0 Å². The smallest absolute Gasteiger partial charge is 0.0377 e. The van der Waals surface area contributed by atoms with Crippen molar-refractivity contribution in [1.29, 1.82) is 0 Å². The van der Waals surface area contributed by atoms with Crippen LogP contribution in [0.2, 0.25) is 0 Å². The third-order valence-corrected chi connectivity index (χ3v) is 3.93. The lowest BCUT2D eigenvalue weighted by atomic mass is 9.91. The van der Waals surface area contributed by atoms with Crippen molar-refractivity contribution in [2.45, 2.75) is 25.7 Å². The van der Waals surface area contributed by atoms with Gasteiger partial charge in [0, 0.05) is 4.70 Å². The largest absolute Gasteiger partial charge is 0.144 e. The molecule has 0 atom stereocenters. The van der Waals surface area contributed by atoms with Crippen LogP contribution in [0.3, 0.4) is 0 Å². The number of benzene rings is 1. The number of fused-ring (bicyclic) bond motifs is 3. The summed E-state index contributed by atoms with van der Waals surface area (Å²) in [4.78, 5) is 0. The molecule has 2 aromatic rings. The molecule has 1 aromatic heterocycles. The highest BCUT2D eigenvalue weighted by Gasteiger charge is 2.12. The maximum Gasteiger partial charge on any atom is 0.0377 e. The van der Waals surface area contributed by atoms with Crippen molar-refractivity contribution in [3.8, 4) is 0 Å². The van der Waals surface area contributed by atoms with E-state index in [4.69, 9.17) is 0 Å². The molecule has 0 bridgehead atoms. The Hall–Kier alpha value is -0.820. The number of hydrogen-bond acceptors (Lipinski definition) is 1. The van der Waals surface area contributed by atoms with E-state index in [0.717, 1.165) is 0 Å². The fourth-order valence-electron chi connectivity index (χ4n) is 2.26. The van der Waals surface area contributed by atoms with Crippen molar-refractivity contribution in [1.82, 2.24) is 0 Å². The molecule has 1 heteroatoms. The predicted molar refractivity (Wildman–Crippen MR) is 58.5 cm³/mol. The first-order chi connectivity index (χ1) is 6.45. The highest BCUT2D eigenvalue weighted by molar-refractivity contribution is 7.17. The normalized spacial score (nSPS) is 16.0. The van der Waals surface area contributed by atoms with Gasteiger partial charge >= 0.3 is 0 Å². The second-order valence-electron chi connectivity index (χ2n) is 3.75. The highest BCUT2D eigenvalue weighted by atomic mass is 32.1. The van der Waals surface area contributed by atoms with Crippen LogP contribution < -0.4 is 0 Å². The zero-order valence-electron chi connectivity index (χ0n) is 7.55. The van der Waals surface area contributed by atoms with Crippen molar-refractivity contribution in [2.24, 2.45) is 0 Å². The number of hydrogen-bond donors (Lipinski definition) is 0. The van der Waals surface area contributed by atoms with Crippen LogP contribution >= 0.6 is 11.3 Å². The molecular weight excluding hydrogens is 176 g/mol. The Morgan fingerprint density at radius 1 is 1.00 bits per heavy atom. The monoisotopic (exact) mass is 188 g/mol. The number of aryl methyl sites for hydroxylation is 2. The summed E-state index contributed by atoms with van der Waals surface area (Å²) < 4.78 is 1.54. The van der Waals surface area contributed by atoms with E-state index >= 15 is 0 Å².